The van der Waals surface area contributed by atoms with Crippen LogP contribution in [0.2, 0.25) is 30.7 Å². The maximum absolute atomic E-state index is 12.8. The van der Waals surface area contributed by atoms with Gasteiger partial charge in [0.15, 0.2) is 11.8 Å². The molecule has 0 amide bonds. The Labute approximate surface area is 282 Å². The molecule has 2 aromatic carbocycles. The van der Waals surface area contributed by atoms with Crippen LogP contribution in [0.1, 0.15) is 13.8 Å². The van der Waals surface area contributed by atoms with E-state index in [1.54, 1.807) is 11.4 Å². The summed E-state index contributed by atoms with van der Waals surface area (Å²) in [6.07, 6.45) is -1.89. The van der Waals surface area contributed by atoms with Crippen LogP contribution in [0.5, 0.6) is 6.01 Å². The highest BCUT2D eigenvalue weighted by molar-refractivity contribution is 8.02. The van der Waals surface area contributed by atoms with Gasteiger partial charge in [-0.3, -0.25) is 4.57 Å². The minimum Gasteiger partial charge on any atom is -0.456 e. The average molecular weight is 699 g/mol. The average Bonchev–Trinajstić information content (AvgIpc) is 3.73. The highest BCUT2D eigenvalue weighted by atomic mass is 35.5. The molecule has 0 radical (unpaired) electrons. The van der Waals surface area contributed by atoms with Gasteiger partial charge in [-0.1, -0.05) is 74.6 Å². The van der Waals surface area contributed by atoms with Crippen LogP contribution in [0.4, 0.5) is 5.69 Å². The van der Waals surface area contributed by atoms with Gasteiger partial charge in [-0.05, 0) is 47.7 Å². The van der Waals surface area contributed by atoms with E-state index in [0.29, 0.717) is 40.3 Å². The topological polar surface area (TPSA) is 117 Å². The molecule has 0 spiro atoms. The fraction of sp³-hybridized carbons (Fsp3) is 0.441. The number of imidazole rings is 1. The maximum atomic E-state index is 12.8. The molecule has 0 aliphatic carbocycles. The first-order chi connectivity index (χ1) is 22.5. The van der Waals surface area contributed by atoms with Crippen molar-refractivity contribution >= 4 is 51.6 Å². The smallest absolute Gasteiger partial charge is 0.301 e. The second kappa shape index (κ2) is 13.9. The molecule has 10 nitrogen and oxygen atoms in total. The van der Waals surface area contributed by atoms with Gasteiger partial charge in [-0.2, -0.15) is 4.98 Å². The fourth-order valence-corrected chi connectivity index (χ4v) is 7.82. The van der Waals surface area contributed by atoms with Crippen molar-refractivity contribution in [2.45, 2.75) is 70.7 Å². The number of fused-ring (bicyclic) bond motifs is 2. The normalized spacial score (nSPS) is 22.3. The van der Waals surface area contributed by atoms with Crippen molar-refractivity contribution in [3.8, 4) is 28.4 Å². The molecule has 2 saturated heterocycles. The quantitative estimate of drug-likeness (QED) is 0.104. The van der Waals surface area contributed by atoms with Crippen molar-refractivity contribution in [1.29, 1.82) is 0 Å². The third-order valence-corrected chi connectivity index (χ3v) is 12.8. The summed E-state index contributed by atoms with van der Waals surface area (Å²) in [5.74, 6) is 0.534. The molecule has 13 heteroatoms. The number of rotatable bonds is 12. The van der Waals surface area contributed by atoms with Gasteiger partial charge in [0, 0.05) is 41.4 Å². The number of aliphatic hydroxyl groups excluding tert-OH is 1. The molecular weight excluding hydrogens is 656 g/mol. The number of hydrogen-bond acceptors (Lipinski definition) is 8. The largest absolute Gasteiger partial charge is 0.456 e. The Kier molecular flexibility index (Phi) is 10.0. The molecule has 252 valence electrons. The Bertz CT molecular complexity index is 1840. The standard InChI is InChI=1S/C34H43ClN4O6SSi/c1-6-46(41,7-2)38-25-14-12-23(13-15-25)22-8-10-24(11-9-22)30-26(35)18-27-33(37-30)39(21-42-16-17-47(3,4)5)34(36-27)45-29-20-44-31-28(40)19-43-32(29)31/h6,8-15,18,28-29,31-32,40H,7,16-17,19-21H2,1-5H3,(H,38,41)/t28-,29-,31-,32-,46?/m1/s1. The maximum Gasteiger partial charge on any atom is 0.301 e. The van der Waals surface area contributed by atoms with Gasteiger partial charge in [0.1, 0.15) is 30.6 Å². The van der Waals surface area contributed by atoms with E-state index in [1.807, 2.05) is 66.9 Å². The molecule has 4 aromatic rings. The van der Waals surface area contributed by atoms with Crippen LogP contribution in [0.15, 0.2) is 54.6 Å². The van der Waals surface area contributed by atoms with Gasteiger partial charge in [0.25, 0.3) is 0 Å². The number of anilines is 1. The molecule has 2 aliphatic rings. The highest BCUT2D eigenvalue weighted by Crippen LogP contribution is 2.35. The lowest BCUT2D eigenvalue weighted by Gasteiger charge is -2.19. The molecular formula is C34H43ClN4O6SSi. The molecule has 6 rings (SSSR count). The lowest BCUT2D eigenvalue weighted by molar-refractivity contribution is 0.00336. The summed E-state index contributed by atoms with van der Waals surface area (Å²) < 4.78 is 41.8. The first-order valence-corrected chi connectivity index (χ1v) is 21.9. The van der Waals surface area contributed by atoms with E-state index in [-0.39, 0.29) is 26.0 Å². The first kappa shape index (κ1) is 33.9. The summed E-state index contributed by atoms with van der Waals surface area (Å²) in [7, 11) is -3.50. The zero-order chi connectivity index (χ0) is 33.3. The fourth-order valence-electron chi connectivity index (χ4n) is 5.68. The van der Waals surface area contributed by atoms with Crippen molar-refractivity contribution in [2.24, 2.45) is 0 Å². The minimum atomic E-state index is -2.21. The van der Waals surface area contributed by atoms with Gasteiger partial charge < -0.3 is 28.8 Å². The Balaban J connectivity index is 1.26. The summed E-state index contributed by atoms with van der Waals surface area (Å²) in [5.41, 5.74) is 5.54. The predicted octanol–water partition coefficient (Wildman–Crippen LogP) is 6.09. The summed E-state index contributed by atoms with van der Waals surface area (Å²) in [6.45, 7) is 12.0. The van der Waals surface area contributed by atoms with E-state index in [2.05, 4.69) is 24.4 Å². The molecule has 2 fully saturated rings. The number of aliphatic hydroxyl groups is 1. The molecule has 5 atom stereocenters. The van der Waals surface area contributed by atoms with Crippen LogP contribution in [-0.2, 0) is 30.6 Å². The summed E-state index contributed by atoms with van der Waals surface area (Å²) in [6, 6.07) is 19.1. The summed E-state index contributed by atoms with van der Waals surface area (Å²) in [5, 5.41) is 12.4. The van der Waals surface area contributed by atoms with Gasteiger partial charge >= 0.3 is 6.01 Å². The summed E-state index contributed by atoms with van der Waals surface area (Å²) in [4.78, 5) is 9.74. The van der Waals surface area contributed by atoms with Gasteiger partial charge in [-0.15, -0.1) is 0 Å². The van der Waals surface area contributed by atoms with E-state index in [9.17, 15) is 9.32 Å². The van der Waals surface area contributed by atoms with Crippen LogP contribution in [-0.4, -0.2) is 87.3 Å². The van der Waals surface area contributed by atoms with E-state index in [4.69, 9.17) is 40.5 Å². The van der Waals surface area contributed by atoms with Crippen LogP contribution >= 0.6 is 11.6 Å². The molecule has 47 heavy (non-hydrogen) atoms. The SMILES string of the molecule is CC=S(=O)(CC)Nc1ccc(-c2ccc(-c3nc4c(cc3Cl)nc(O[C@@H]3CO[C@H]5[C@@H]3OC[C@H]5O)n4COCC[Si](C)(C)C)cc2)cc1. The second-order valence-corrected chi connectivity index (χ2v) is 21.9. The number of nitrogens with one attached hydrogen (secondary N) is 1. The third kappa shape index (κ3) is 7.54. The van der Waals surface area contributed by atoms with Crippen LogP contribution < -0.4 is 9.46 Å². The Hall–Kier alpha value is -2.97. The van der Waals surface area contributed by atoms with E-state index in [1.165, 1.54) is 0 Å². The van der Waals surface area contributed by atoms with Crippen molar-refractivity contribution < 1.29 is 28.3 Å². The molecule has 0 bridgehead atoms. The molecule has 2 aromatic heterocycles. The molecule has 2 N–H and O–H groups in total. The molecule has 2 aliphatic heterocycles. The predicted molar refractivity (Wildman–Crippen MR) is 191 cm³/mol. The monoisotopic (exact) mass is 698 g/mol. The number of halogens is 1. The minimum absolute atomic E-state index is 0.211. The molecule has 1 unspecified atom stereocenters. The van der Waals surface area contributed by atoms with Crippen LogP contribution in [0, 0.1) is 0 Å². The van der Waals surface area contributed by atoms with Crippen molar-refractivity contribution in [3.63, 3.8) is 0 Å². The van der Waals surface area contributed by atoms with Gasteiger partial charge in [0.2, 0.25) is 0 Å². The highest BCUT2D eigenvalue weighted by Gasteiger charge is 2.49. The van der Waals surface area contributed by atoms with Crippen molar-refractivity contribution in [1.82, 2.24) is 14.5 Å². The molecule has 0 saturated carbocycles. The van der Waals surface area contributed by atoms with Crippen molar-refractivity contribution in [3.05, 3.63) is 59.6 Å². The Morgan fingerprint density at radius 2 is 1.70 bits per heavy atom. The van der Waals surface area contributed by atoms with Crippen LogP contribution in [0.3, 0.4) is 0 Å². The zero-order valence-electron chi connectivity index (χ0n) is 27.4. The summed E-state index contributed by atoms with van der Waals surface area (Å²) >= 11 is 6.81. The number of aromatic nitrogens is 3. The third-order valence-electron chi connectivity index (χ3n) is 8.57. The van der Waals surface area contributed by atoms with E-state index in [0.717, 1.165) is 28.4 Å². The molecule has 4 heterocycles. The lowest BCUT2D eigenvalue weighted by Crippen LogP contribution is -2.35. The van der Waals surface area contributed by atoms with Gasteiger partial charge in [0.05, 0.1) is 23.9 Å². The van der Waals surface area contributed by atoms with Gasteiger partial charge in [-0.25, -0.2) is 9.19 Å². The number of benzene rings is 2. The second-order valence-electron chi connectivity index (χ2n) is 13.2. The Morgan fingerprint density at radius 3 is 2.36 bits per heavy atom. The van der Waals surface area contributed by atoms with E-state index >= 15 is 0 Å². The Morgan fingerprint density at radius 1 is 1.04 bits per heavy atom. The number of pyridine rings is 1. The number of nitrogens with zero attached hydrogens (tertiary/aromatic N) is 3. The first-order valence-electron chi connectivity index (χ1n) is 16.0. The van der Waals surface area contributed by atoms with Crippen molar-refractivity contribution in [2.75, 3.05) is 30.3 Å². The lowest BCUT2D eigenvalue weighted by atomic mass is 10.0. The number of hydrogen-bond donors (Lipinski definition) is 2. The van der Waals surface area contributed by atoms with Crippen LogP contribution in [0.25, 0.3) is 33.5 Å². The zero-order valence-corrected chi connectivity index (χ0v) is 30.0. The van der Waals surface area contributed by atoms with E-state index < -0.39 is 36.1 Å². The number of ether oxygens (including phenoxy) is 4.